The number of nitrogens with zero attached hydrogens (tertiary/aromatic N) is 2. The maximum atomic E-state index is 12.1. The van der Waals surface area contributed by atoms with Gasteiger partial charge in [-0.1, -0.05) is 17.7 Å². The summed E-state index contributed by atoms with van der Waals surface area (Å²) in [6.45, 7) is 5.57. The Morgan fingerprint density at radius 3 is 2.86 bits per heavy atom. The summed E-state index contributed by atoms with van der Waals surface area (Å²) in [5.41, 5.74) is 1.79. The zero-order valence-electron chi connectivity index (χ0n) is 16.1. The summed E-state index contributed by atoms with van der Waals surface area (Å²) in [6.07, 6.45) is 0.0392. The Labute approximate surface area is 168 Å². The number of ether oxygens (including phenoxy) is 3. The van der Waals surface area contributed by atoms with Gasteiger partial charge in [0.15, 0.2) is 6.61 Å². The third-order valence-corrected chi connectivity index (χ3v) is 5.13. The zero-order valence-corrected chi connectivity index (χ0v) is 16.9. The second-order valence-corrected chi connectivity index (χ2v) is 7.64. The van der Waals surface area contributed by atoms with Gasteiger partial charge in [-0.3, -0.25) is 9.59 Å². The van der Waals surface area contributed by atoms with E-state index in [2.05, 4.69) is 4.98 Å². The number of amides is 1. The van der Waals surface area contributed by atoms with Crippen molar-refractivity contribution in [3.63, 3.8) is 0 Å². The molecule has 150 valence electrons. The summed E-state index contributed by atoms with van der Waals surface area (Å²) in [4.78, 5) is 30.2. The maximum Gasteiger partial charge on any atom is 0.312 e. The number of esters is 1. The first kappa shape index (κ1) is 20.3. The monoisotopic (exact) mass is 404 g/mol. The summed E-state index contributed by atoms with van der Waals surface area (Å²) in [5.74, 6) is 0.109. The molecule has 1 aliphatic heterocycles. The van der Waals surface area contributed by atoms with Gasteiger partial charge in [0.05, 0.1) is 24.8 Å². The minimum atomic E-state index is -0.467. The van der Waals surface area contributed by atoms with Crippen LogP contribution < -0.4 is 4.74 Å². The summed E-state index contributed by atoms with van der Waals surface area (Å²) in [7, 11) is 0. The third kappa shape index (κ3) is 6.03. The van der Waals surface area contributed by atoms with Crippen LogP contribution in [0.3, 0.4) is 0 Å². The van der Waals surface area contributed by atoms with E-state index in [1.54, 1.807) is 10.3 Å². The second-order valence-electron chi connectivity index (χ2n) is 6.69. The Balaban J connectivity index is 1.40. The highest BCUT2D eigenvalue weighted by Crippen LogP contribution is 2.16. The van der Waals surface area contributed by atoms with E-state index in [1.807, 2.05) is 38.1 Å². The van der Waals surface area contributed by atoms with Gasteiger partial charge in [-0.15, -0.1) is 11.3 Å². The van der Waals surface area contributed by atoms with Crippen LogP contribution in [0.15, 0.2) is 29.6 Å². The number of rotatable bonds is 7. The molecule has 0 aliphatic carbocycles. The molecule has 1 saturated heterocycles. The lowest BCUT2D eigenvalue weighted by Gasteiger charge is -2.30. The number of morpholine rings is 1. The number of hydrogen-bond acceptors (Lipinski definition) is 7. The normalized spacial score (nSPS) is 16.6. The van der Waals surface area contributed by atoms with Crippen LogP contribution in [-0.4, -0.2) is 54.2 Å². The molecule has 0 saturated carbocycles. The molecule has 0 bridgehead atoms. The molecule has 28 heavy (non-hydrogen) atoms. The topological polar surface area (TPSA) is 78.0 Å². The van der Waals surface area contributed by atoms with Crippen molar-refractivity contribution < 1.29 is 23.8 Å². The van der Waals surface area contributed by atoms with Gasteiger partial charge < -0.3 is 19.1 Å². The van der Waals surface area contributed by atoms with Crippen molar-refractivity contribution in [1.82, 2.24) is 9.88 Å². The molecule has 1 amide bonds. The largest absolute Gasteiger partial charge is 0.486 e. The second kappa shape index (κ2) is 9.66. The Morgan fingerprint density at radius 1 is 1.32 bits per heavy atom. The zero-order chi connectivity index (χ0) is 19.9. The maximum absolute atomic E-state index is 12.1. The summed E-state index contributed by atoms with van der Waals surface area (Å²) in [6, 6.07) is 7.79. The summed E-state index contributed by atoms with van der Waals surface area (Å²) >= 11 is 1.43. The average molecular weight is 404 g/mol. The molecule has 7 nitrogen and oxygen atoms in total. The van der Waals surface area contributed by atoms with E-state index < -0.39 is 5.97 Å². The number of thiazole rings is 1. The van der Waals surface area contributed by atoms with Crippen LogP contribution in [-0.2, 0) is 32.1 Å². The Kier molecular flexibility index (Phi) is 7.00. The van der Waals surface area contributed by atoms with E-state index in [0.717, 1.165) is 10.8 Å². The highest BCUT2D eigenvalue weighted by atomic mass is 32.1. The Morgan fingerprint density at radius 2 is 2.11 bits per heavy atom. The van der Waals surface area contributed by atoms with Gasteiger partial charge in [-0.25, -0.2) is 4.98 Å². The summed E-state index contributed by atoms with van der Waals surface area (Å²) < 4.78 is 16.2. The van der Waals surface area contributed by atoms with E-state index in [-0.39, 0.29) is 25.0 Å². The molecule has 1 fully saturated rings. The fourth-order valence-corrected chi connectivity index (χ4v) is 3.46. The number of carbonyl (C=O) groups is 2. The predicted molar refractivity (Wildman–Crippen MR) is 104 cm³/mol. The lowest BCUT2D eigenvalue weighted by atomic mass is 10.2. The number of hydrogen-bond donors (Lipinski definition) is 0. The van der Waals surface area contributed by atoms with Crippen LogP contribution in [0.4, 0.5) is 0 Å². The molecule has 0 N–H and O–H groups in total. The van der Waals surface area contributed by atoms with Gasteiger partial charge in [0.1, 0.15) is 17.4 Å². The predicted octanol–water partition coefficient (Wildman–Crippen LogP) is 2.36. The molecular weight excluding hydrogens is 380 g/mol. The van der Waals surface area contributed by atoms with Gasteiger partial charge in [0.2, 0.25) is 0 Å². The SMILES string of the molecule is Cc1ccc(OCc2nc(CC(=O)OCC(=O)N3CCOC(C)C3)cs2)cc1. The Hall–Kier alpha value is -2.45. The van der Waals surface area contributed by atoms with Crippen LogP contribution in [0.2, 0.25) is 0 Å². The van der Waals surface area contributed by atoms with Crippen LogP contribution in [0.25, 0.3) is 0 Å². The highest BCUT2D eigenvalue weighted by molar-refractivity contribution is 7.09. The van der Waals surface area contributed by atoms with Gasteiger partial charge in [-0.05, 0) is 26.0 Å². The van der Waals surface area contributed by atoms with Crippen LogP contribution in [0.5, 0.6) is 5.75 Å². The first-order valence-electron chi connectivity index (χ1n) is 9.17. The van der Waals surface area contributed by atoms with Gasteiger partial charge in [-0.2, -0.15) is 0 Å². The van der Waals surface area contributed by atoms with Crippen molar-refractivity contribution in [2.24, 2.45) is 0 Å². The van der Waals surface area contributed by atoms with Crippen molar-refractivity contribution in [2.45, 2.75) is 33.0 Å². The fourth-order valence-electron chi connectivity index (χ4n) is 2.75. The minimum absolute atomic E-state index is 0.00366. The number of benzene rings is 1. The molecular formula is C20H24N2O5S. The molecule has 1 atom stereocenters. The third-order valence-electron chi connectivity index (χ3n) is 4.26. The average Bonchev–Trinajstić information content (AvgIpc) is 3.13. The summed E-state index contributed by atoms with van der Waals surface area (Å²) in [5, 5.41) is 2.59. The Bertz CT molecular complexity index is 805. The smallest absolute Gasteiger partial charge is 0.312 e. The molecule has 2 aromatic rings. The van der Waals surface area contributed by atoms with Crippen LogP contribution in [0, 0.1) is 6.92 Å². The van der Waals surface area contributed by atoms with Crippen molar-refractivity contribution in [2.75, 3.05) is 26.3 Å². The van der Waals surface area contributed by atoms with E-state index in [1.165, 1.54) is 16.9 Å². The van der Waals surface area contributed by atoms with E-state index in [0.29, 0.717) is 32.0 Å². The fraction of sp³-hybridized carbons (Fsp3) is 0.450. The molecule has 0 spiro atoms. The van der Waals surface area contributed by atoms with E-state index >= 15 is 0 Å². The lowest BCUT2D eigenvalue weighted by Crippen LogP contribution is -2.46. The van der Waals surface area contributed by atoms with Crippen molar-refractivity contribution in [1.29, 1.82) is 0 Å². The van der Waals surface area contributed by atoms with Crippen LogP contribution >= 0.6 is 11.3 Å². The standard InChI is InChI=1S/C20H24N2O5S/c1-14-3-5-17(6-4-14)26-11-18-21-16(13-28-18)9-20(24)27-12-19(23)22-7-8-25-15(2)10-22/h3-6,13,15H,7-12H2,1-2H3. The first-order chi connectivity index (χ1) is 13.5. The van der Waals surface area contributed by atoms with Crippen molar-refractivity contribution in [3.8, 4) is 5.75 Å². The highest BCUT2D eigenvalue weighted by Gasteiger charge is 2.22. The molecule has 3 rings (SSSR count). The van der Waals surface area contributed by atoms with Crippen LogP contribution in [0.1, 0.15) is 23.2 Å². The number of carbonyl (C=O) groups excluding carboxylic acids is 2. The number of aromatic nitrogens is 1. The molecule has 1 aromatic carbocycles. The quantitative estimate of drug-likeness (QED) is 0.660. The lowest BCUT2D eigenvalue weighted by molar-refractivity contribution is -0.154. The molecule has 1 aliphatic rings. The molecule has 1 aromatic heterocycles. The van der Waals surface area contributed by atoms with Gasteiger partial charge in [0.25, 0.3) is 5.91 Å². The van der Waals surface area contributed by atoms with Gasteiger partial charge >= 0.3 is 5.97 Å². The van der Waals surface area contributed by atoms with Gasteiger partial charge in [0, 0.05) is 18.5 Å². The number of aryl methyl sites for hydroxylation is 1. The van der Waals surface area contributed by atoms with E-state index in [9.17, 15) is 9.59 Å². The molecule has 2 heterocycles. The van der Waals surface area contributed by atoms with E-state index in [4.69, 9.17) is 14.2 Å². The van der Waals surface area contributed by atoms with Crippen molar-refractivity contribution >= 4 is 23.2 Å². The molecule has 8 heteroatoms. The molecule has 0 radical (unpaired) electrons. The van der Waals surface area contributed by atoms with Crippen molar-refractivity contribution in [3.05, 3.63) is 45.9 Å². The molecule has 1 unspecified atom stereocenters. The minimum Gasteiger partial charge on any atom is -0.486 e. The first-order valence-corrected chi connectivity index (χ1v) is 10.1.